The number of anilines is 1. The van der Waals surface area contributed by atoms with Crippen LogP contribution in [0.25, 0.3) is 0 Å². The molecule has 26 heavy (non-hydrogen) atoms. The molecule has 1 saturated heterocycles. The number of hydrogen-bond donors (Lipinski definition) is 2. The number of fused-ring (bicyclic) bond motifs is 3. The fourth-order valence-electron chi connectivity index (χ4n) is 3.54. The van der Waals surface area contributed by atoms with Crippen LogP contribution in [0.5, 0.6) is 5.75 Å². The van der Waals surface area contributed by atoms with Crippen molar-refractivity contribution in [2.45, 2.75) is 37.1 Å². The van der Waals surface area contributed by atoms with Gasteiger partial charge in [-0.05, 0) is 24.6 Å². The summed E-state index contributed by atoms with van der Waals surface area (Å²) < 4.78 is 37.2. The predicted molar refractivity (Wildman–Crippen MR) is 95.7 cm³/mol. The summed E-state index contributed by atoms with van der Waals surface area (Å²) in [5, 5.41) is 9.69. The highest BCUT2D eigenvalue weighted by Crippen LogP contribution is 2.47. The Balaban J connectivity index is 1.85. The molecule has 0 radical (unpaired) electrons. The number of nitrogens with one attached hydrogen (secondary N) is 1. The van der Waals surface area contributed by atoms with Gasteiger partial charge in [-0.1, -0.05) is 0 Å². The van der Waals surface area contributed by atoms with Crippen LogP contribution in [0.4, 0.5) is 5.69 Å². The standard InChI is InChI=1S/C17H24N2O6S/c1-19(2)16(21)8-11-7-13-12-6-10(18-26(3,22)23)4-5-14(12)25-17(13)15(9-20)24-11/h4-6,11,13,15,17-18,20H,7-9H2,1-3H3/t11-,13-,15-,17+/m0/s1. The van der Waals surface area contributed by atoms with Crippen LogP contribution in [-0.4, -0.2) is 69.6 Å². The quantitative estimate of drug-likeness (QED) is 0.767. The third-order valence-electron chi connectivity index (χ3n) is 4.70. The lowest BCUT2D eigenvalue weighted by Gasteiger charge is -2.37. The van der Waals surface area contributed by atoms with E-state index in [0.29, 0.717) is 17.9 Å². The highest BCUT2D eigenvalue weighted by atomic mass is 32.2. The lowest BCUT2D eigenvalue weighted by Crippen LogP contribution is -2.47. The van der Waals surface area contributed by atoms with E-state index in [-0.39, 0.29) is 37.1 Å². The number of aliphatic hydroxyl groups is 1. The summed E-state index contributed by atoms with van der Waals surface area (Å²) in [6, 6.07) is 5.11. The molecule has 1 amide bonds. The van der Waals surface area contributed by atoms with E-state index in [4.69, 9.17) is 9.47 Å². The second-order valence-corrected chi connectivity index (χ2v) is 8.77. The van der Waals surface area contributed by atoms with Gasteiger partial charge in [0.05, 0.1) is 25.4 Å². The van der Waals surface area contributed by atoms with E-state index >= 15 is 0 Å². The highest BCUT2D eigenvalue weighted by Gasteiger charge is 2.46. The van der Waals surface area contributed by atoms with Crippen molar-refractivity contribution in [1.29, 1.82) is 0 Å². The molecule has 8 nitrogen and oxygen atoms in total. The van der Waals surface area contributed by atoms with Gasteiger partial charge >= 0.3 is 0 Å². The summed E-state index contributed by atoms with van der Waals surface area (Å²) in [5.41, 5.74) is 1.33. The van der Waals surface area contributed by atoms with Crippen molar-refractivity contribution in [3.05, 3.63) is 23.8 Å². The fraction of sp³-hybridized carbons (Fsp3) is 0.588. The molecule has 0 spiro atoms. The van der Waals surface area contributed by atoms with Gasteiger partial charge in [-0.15, -0.1) is 0 Å². The maximum absolute atomic E-state index is 12.0. The maximum atomic E-state index is 12.0. The largest absolute Gasteiger partial charge is 0.487 e. The molecule has 2 aliphatic heterocycles. The predicted octanol–water partition coefficient (Wildman–Crippen LogP) is 0.531. The monoisotopic (exact) mass is 384 g/mol. The molecule has 0 saturated carbocycles. The number of hydrogen-bond acceptors (Lipinski definition) is 6. The number of nitrogens with zero attached hydrogens (tertiary/aromatic N) is 1. The topological polar surface area (TPSA) is 105 Å². The lowest BCUT2D eigenvalue weighted by atomic mass is 9.84. The van der Waals surface area contributed by atoms with Gasteiger partial charge in [0.25, 0.3) is 0 Å². The van der Waals surface area contributed by atoms with Gasteiger partial charge in [0.1, 0.15) is 18.0 Å². The van der Waals surface area contributed by atoms with Gasteiger partial charge in [-0.3, -0.25) is 9.52 Å². The van der Waals surface area contributed by atoms with E-state index in [1.54, 1.807) is 32.3 Å². The Morgan fingerprint density at radius 3 is 2.73 bits per heavy atom. The van der Waals surface area contributed by atoms with Crippen LogP contribution < -0.4 is 9.46 Å². The second-order valence-electron chi connectivity index (χ2n) is 7.02. The average molecular weight is 384 g/mol. The molecule has 2 heterocycles. The highest BCUT2D eigenvalue weighted by molar-refractivity contribution is 7.92. The molecule has 2 aliphatic rings. The van der Waals surface area contributed by atoms with Crippen LogP contribution in [0.1, 0.15) is 24.3 Å². The van der Waals surface area contributed by atoms with E-state index in [2.05, 4.69) is 4.72 Å². The Morgan fingerprint density at radius 2 is 2.12 bits per heavy atom. The van der Waals surface area contributed by atoms with Crippen molar-refractivity contribution in [3.63, 3.8) is 0 Å². The van der Waals surface area contributed by atoms with E-state index < -0.39 is 16.1 Å². The molecule has 0 unspecified atom stereocenters. The molecule has 1 aromatic carbocycles. The van der Waals surface area contributed by atoms with Crippen molar-refractivity contribution >= 4 is 21.6 Å². The van der Waals surface area contributed by atoms with Crippen LogP contribution in [0.15, 0.2) is 18.2 Å². The maximum Gasteiger partial charge on any atom is 0.229 e. The minimum atomic E-state index is -3.38. The zero-order chi connectivity index (χ0) is 19.1. The molecule has 3 rings (SSSR count). The minimum absolute atomic E-state index is 0.0447. The number of benzene rings is 1. The van der Waals surface area contributed by atoms with Crippen LogP contribution in [-0.2, 0) is 19.6 Å². The summed E-state index contributed by atoms with van der Waals surface area (Å²) in [4.78, 5) is 13.5. The minimum Gasteiger partial charge on any atom is -0.487 e. The molecular weight excluding hydrogens is 360 g/mol. The molecule has 144 valence electrons. The van der Waals surface area contributed by atoms with E-state index in [0.717, 1.165) is 11.8 Å². The number of aliphatic hydroxyl groups excluding tert-OH is 1. The summed E-state index contributed by atoms with van der Waals surface area (Å²) in [6.45, 7) is -0.212. The van der Waals surface area contributed by atoms with Crippen molar-refractivity contribution in [2.24, 2.45) is 0 Å². The first-order valence-corrected chi connectivity index (χ1v) is 10.3. The van der Waals surface area contributed by atoms with Gasteiger partial charge < -0.3 is 19.5 Å². The number of rotatable bonds is 5. The van der Waals surface area contributed by atoms with Crippen LogP contribution in [0.3, 0.4) is 0 Å². The Morgan fingerprint density at radius 1 is 1.38 bits per heavy atom. The molecule has 4 atom stereocenters. The summed E-state index contributed by atoms with van der Waals surface area (Å²) in [5.74, 6) is 0.537. The number of carbonyl (C=O) groups is 1. The second kappa shape index (κ2) is 7.05. The molecule has 0 aliphatic carbocycles. The van der Waals surface area contributed by atoms with Crippen LogP contribution >= 0.6 is 0 Å². The molecular formula is C17H24N2O6S. The molecule has 0 bridgehead atoms. The Kier molecular flexibility index (Phi) is 5.14. The van der Waals surface area contributed by atoms with E-state index in [9.17, 15) is 18.3 Å². The zero-order valence-electron chi connectivity index (χ0n) is 15.0. The first kappa shape index (κ1) is 18.9. The van der Waals surface area contributed by atoms with Crippen LogP contribution in [0.2, 0.25) is 0 Å². The summed E-state index contributed by atoms with van der Waals surface area (Å²) in [7, 11) is -0.00303. The normalized spacial score (nSPS) is 27.2. The molecule has 9 heteroatoms. The van der Waals surface area contributed by atoms with Crippen LogP contribution in [0, 0.1) is 0 Å². The summed E-state index contributed by atoms with van der Waals surface area (Å²) in [6.07, 6.45) is 0.670. The van der Waals surface area contributed by atoms with Gasteiger partial charge in [-0.25, -0.2) is 8.42 Å². The zero-order valence-corrected chi connectivity index (χ0v) is 15.8. The first-order valence-electron chi connectivity index (χ1n) is 8.43. The van der Waals surface area contributed by atoms with Crippen molar-refractivity contribution in [2.75, 3.05) is 31.7 Å². The Bertz CT molecular complexity index is 794. The number of ether oxygens (including phenoxy) is 2. The van der Waals surface area contributed by atoms with Gasteiger partial charge in [0, 0.05) is 31.3 Å². The number of amides is 1. The number of sulfonamides is 1. The number of carbonyl (C=O) groups excluding carboxylic acids is 1. The SMILES string of the molecule is CN(C)C(=O)C[C@@H]1C[C@H]2c3cc(NS(C)(=O)=O)ccc3O[C@H]2[C@H](CO)O1. The van der Waals surface area contributed by atoms with Gasteiger partial charge in [0.2, 0.25) is 15.9 Å². The molecule has 1 fully saturated rings. The fourth-order valence-corrected chi connectivity index (χ4v) is 4.10. The molecule has 1 aromatic rings. The Labute approximate surface area is 153 Å². The lowest BCUT2D eigenvalue weighted by molar-refractivity contribution is -0.147. The third kappa shape index (κ3) is 3.94. The smallest absolute Gasteiger partial charge is 0.229 e. The van der Waals surface area contributed by atoms with E-state index in [1.165, 1.54) is 4.90 Å². The van der Waals surface area contributed by atoms with Crippen molar-refractivity contribution in [3.8, 4) is 5.75 Å². The van der Waals surface area contributed by atoms with Gasteiger partial charge in [0.15, 0.2) is 0 Å². The molecule has 0 aromatic heterocycles. The van der Waals surface area contributed by atoms with Gasteiger partial charge in [-0.2, -0.15) is 0 Å². The van der Waals surface area contributed by atoms with Crippen molar-refractivity contribution < 1.29 is 27.8 Å². The first-order chi connectivity index (χ1) is 12.2. The molecule has 2 N–H and O–H groups in total. The Hall–Kier alpha value is -1.84. The summed E-state index contributed by atoms with van der Waals surface area (Å²) >= 11 is 0. The van der Waals surface area contributed by atoms with E-state index in [1.807, 2.05) is 0 Å². The average Bonchev–Trinajstić information content (AvgIpc) is 2.90. The van der Waals surface area contributed by atoms with Crippen molar-refractivity contribution in [1.82, 2.24) is 4.90 Å². The third-order valence-corrected chi connectivity index (χ3v) is 5.31.